The minimum Gasteiger partial charge on any atom is -0.279 e. The lowest BCUT2D eigenvalue weighted by Crippen LogP contribution is -2.41. The maximum absolute atomic E-state index is 13.0. The zero-order valence-electron chi connectivity index (χ0n) is 15.2. The molecule has 0 spiro atoms. The van der Waals surface area contributed by atoms with E-state index < -0.39 is 5.91 Å². The largest absolute Gasteiger partial charge is 0.330 e. The van der Waals surface area contributed by atoms with Gasteiger partial charge in [0.1, 0.15) is 5.69 Å². The molecule has 1 aliphatic rings. The van der Waals surface area contributed by atoms with E-state index in [1.54, 1.807) is 37.4 Å². The van der Waals surface area contributed by atoms with Crippen LogP contribution in [-0.4, -0.2) is 40.8 Å². The first-order chi connectivity index (χ1) is 13.9. The fourth-order valence-corrected chi connectivity index (χ4v) is 3.28. The highest BCUT2D eigenvalue weighted by Gasteiger charge is 2.37. The molecule has 3 aromatic rings. The van der Waals surface area contributed by atoms with Gasteiger partial charge in [0, 0.05) is 37.1 Å². The number of hydrogen-bond acceptors (Lipinski definition) is 6. The highest BCUT2D eigenvalue weighted by atomic mass is 35.5. The highest BCUT2D eigenvalue weighted by molar-refractivity contribution is 6.36. The molecule has 9 nitrogen and oxygen atoms in total. The molecule has 1 aliphatic heterocycles. The normalized spacial score (nSPS) is 13.4. The number of carbonyl (C=O) groups is 2. The number of rotatable bonds is 3. The predicted octanol–water partition coefficient (Wildman–Crippen LogP) is 4.69. The van der Waals surface area contributed by atoms with Gasteiger partial charge in [0.25, 0.3) is 5.91 Å². The Labute approximate surface area is 175 Å². The Hall–Kier alpha value is -3.30. The first-order valence-corrected chi connectivity index (χ1v) is 9.10. The molecule has 0 fully saturated rings. The number of pyridine rings is 1. The second-order valence-corrected chi connectivity index (χ2v) is 6.99. The first kappa shape index (κ1) is 19.0. The van der Waals surface area contributed by atoms with E-state index in [2.05, 4.69) is 20.3 Å². The summed E-state index contributed by atoms with van der Waals surface area (Å²) in [5.74, 6) is -0.0114. The Morgan fingerprint density at radius 2 is 1.76 bits per heavy atom. The molecule has 11 heteroatoms. The number of urea groups is 1. The lowest BCUT2D eigenvalue weighted by molar-refractivity contribution is 0.0947. The van der Waals surface area contributed by atoms with E-state index in [0.717, 1.165) is 4.68 Å². The fourth-order valence-electron chi connectivity index (χ4n) is 2.84. The summed E-state index contributed by atoms with van der Waals surface area (Å²) >= 11 is 12.0. The minimum atomic E-state index is -0.426. The number of azo groups is 1. The number of aromatic nitrogens is 3. The van der Waals surface area contributed by atoms with Gasteiger partial charge in [-0.3, -0.25) is 19.6 Å². The predicted molar refractivity (Wildman–Crippen MR) is 109 cm³/mol. The number of amides is 2. The fraction of sp³-hybridized carbons (Fsp3) is 0.111. The molecule has 0 saturated carbocycles. The molecule has 2 amide bonds. The van der Waals surface area contributed by atoms with Crippen LogP contribution >= 0.6 is 23.2 Å². The van der Waals surface area contributed by atoms with Crippen molar-refractivity contribution in [2.75, 3.05) is 23.9 Å². The summed E-state index contributed by atoms with van der Waals surface area (Å²) in [6, 6.07) is 7.56. The van der Waals surface area contributed by atoms with Gasteiger partial charge in [0.05, 0.1) is 5.02 Å². The van der Waals surface area contributed by atoms with Gasteiger partial charge < -0.3 is 0 Å². The second-order valence-electron chi connectivity index (χ2n) is 6.15. The Bertz CT molecular complexity index is 1160. The Morgan fingerprint density at radius 1 is 1.03 bits per heavy atom. The number of nitrogens with zero attached hydrogens (tertiary/aromatic N) is 7. The van der Waals surface area contributed by atoms with Crippen LogP contribution < -0.4 is 9.80 Å². The van der Waals surface area contributed by atoms with Crippen LogP contribution in [0.5, 0.6) is 0 Å². The minimum absolute atomic E-state index is 0.207. The number of carbonyl (C=O) groups excluding carboxylic acids is 2. The van der Waals surface area contributed by atoms with Crippen LogP contribution in [0.15, 0.2) is 53.0 Å². The lowest BCUT2D eigenvalue weighted by Gasteiger charge is -2.26. The van der Waals surface area contributed by atoms with Crippen LogP contribution in [0.2, 0.25) is 10.0 Å². The van der Waals surface area contributed by atoms with Gasteiger partial charge in [-0.1, -0.05) is 23.2 Å². The van der Waals surface area contributed by atoms with Gasteiger partial charge in [-0.15, -0.1) is 15.3 Å². The average molecular weight is 430 g/mol. The summed E-state index contributed by atoms with van der Waals surface area (Å²) < 4.78 is 1.13. The topological polar surface area (TPSA) is 96.0 Å². The van der Waals surface area contributed by atoms with Crippen LogP contribution in [0.4, 0.5) is 27.8 Å². The van der Waals surface area contributed by atoms with Gasteiger partial charge in [-0.05, 0) is 30.3 Å². The number of anilines is 2. The van der Waals surface area contributed by atoms with E-state index in [9.17, 15) is 9.59 Å². The lowest BCUT2D eigenvalue weighted by atomic mass is 10.2. The molecule has 2 aromatic heterocycles. The Balaban J connectivity index is 1.83. The van der Waals surface area contributed by atoms with Crippen LogP contribution in [0.25, 0.3) is 0 Å². The number of hydrogen-bond donors (Lipinski definition) is 0. The number of benzene rings is 1. The maximum atomic E-state index is 13.0. The van der Waals surface area contributed by atoms with Gasteiger partial charge in [0.2, 0.25) is 0 Å². The molecule has 0 saturated heterocycles. The van der Waals surface area contributed by atoms with Crippen molar-refractivity contribution in [2.24, 2.45) is 10.2 Å². The molecule has 1 aromatic carbocycles. The van der Waals surface area contributed by atoms with E-state index in [1.165, 1.54) is 29.2 Å². The van der Waals surface area contributed by atoms with Crippen molar-refractivity contribution in [1.82, 2.24) is 14.8 Å². The first-order valence-electron chi connectivity index (χ1n) is 8.34. The van der Waals surface area contributed by atoms with E-state index in [-0.39, 0.29) is 23.4 Å². The third-order valence-corrected chi connectivity index (χ3v) is 4.85. The molecule has 0 aliphatic carbocycles. The van der Waals surface area contributed by atoms with Gasteiger partial charge >= 0.3 is 6.03 Å². The zero-order valence-corrected chi connectivity index (χ0v) is 16.8. The van der Waals surface area contributed by atoms with E-state index in [1.807, 2.05) is 0 Å². The smallest absolute Gasteiger partial charge is 0.279 e. The third-order valence-electron chi connectivity index (χ3n) is 4.32. The van der Waals surface area contributed by atoms with Gasteiger partial charge in [-0.25, -0.2) is 4.79 Å². The van der Waals surface area contributed by atoms with Gasteiger partial charge in [-0.2, -0.15) is 4.68 Å². The molecule has 0 unspecified atom stereocenters. The van der Waals surface area contributed by atoms with E-state index >= 15 is 0 Å². The van der Waals surface area contributed by atoms with Gasteiger partial charge in [0.15, 0.2) is 17.3 Å². The summed E-state index contributed by atoms with van der Waals surface area (Å²) in [5, 5.41) is 13.5. The molecule has 2 bridgehead atoms. The summed E-state index contributed by atoms with van der Waals surface area (Å²) in [4.78, 5) is 31.9. The van der Waals surface area contributed by atoms with Crippen LogP contribution in [0.3, 0.4) is 0 Å². The quantitative estimate of drug-likeness (QED) is 0.563. The van der Waals surface area contributed by atoms with Crippen molar-refractivity contribution in [3.63, 3.8) is 0 Å². The summed E-state index contributed by atoms with van der Waals surface area (Å²) in [6.45, 7) is 0. The van der Waals surface area contributed by atoms with Crippen molar-refractivity contribution in [1.29, 1.82) is 0 Å². The molecule has 0 N–H and O–H groups in total. The summed E-state index contributed by atoms with van der Waals surface area (Å²) in [5.41, 5.74) is 1.02. The van der Waals surface area contributed by atoms with Crippen molar-refractivity contribution >= 4 is 58.2 Å². The van der Waals surface area contributed by atoms with Crippen LogP contribution in [0.1, 0.15) is 10.4 Å². The molecular formula is C18H13Cl2N7O2. The zero-order chi connectivity index (χ0) is 20.7. The maximum Gasteiger partial charge on any atom is 0.330 e. The van der Waals surface area contributed by atoms with Crippen LogP contribution in [0, 0.1) is 0 Å². The van der Waals surface area contributed by atoms with E-state index in [4.69, 9.17) is 23.2 Å². The molecule has 4 rings (SSSR count). The average Bonchev–Trinajstić information content (AvgIpc) is 3.06. The standard InChI is InChI=1S/C18H13Cl2N7O2/c1-25-15-14(23-22-13-4-3-11(19)9-12(13)20)16(26(2)18(25)29)27(24-15)17(28)10-5-7-21-8-6-10/h3-9H,1-2H3. The Morgan fingerprint density at radius 3 is 2.45 bits per heavy atom. The molecule has 29 heavy (non-hydrogen) atoms. The third kappa shape index (κ3) is 3.24. The number of fused-ring (bicyclic) bond motifs is 2. The summed E-state index contributed by atoms with van der Waals surface area (Å²) in [6.07, 6.45) is 3.00. The summed E-state index contributed by atoms with van der Waals surface area (Å²) in [7, 11) is 3.07. The molecule has 0 radical (unpaired) electrons. The van der Waals surface area contributed by atoms with Crippen molar-refractivity contribution in [3.05, 3.63) is 58.3 Å². The second kappa shape index (κ2) is 7.26. The SMILES string of the molecule is CN1C(=O)N(C)c2c(N=Nc3ccc(Cl)cc3Cl)c1nn2C(=O)c1ccncc1. The molecule has 146 valence electrons. The van der Waals surface area contributed by atoms with Crippen molar-refractivity contribution < 1.29 is 9.59 Å². The van der Waals surface area contributed by atoms with E-state index in [0.29, 0.717) is 21.3 Å². The molecule has 3 heterocycles. The van der Waals surface area contributed by atoms with Crippen molar-refractivity contribution in [3.8, 4) is 0 Å². The number of halogens is 2. The Kier molecular flexibility index (Phi) is 4.77. The van der Waals surface area contributed by atoms with Crippen molar-refractivity contribution in [2.45, 2.75) is 0 Å². The van der Waals surface area contributed by atoms with Crippen LogP contribution in [-0.2, 0) is 0 Å². The molecular weight excluding hydrogens is 417 g/mol. The monoisotopic (exact) mass is 429 g/mol. The molecule has 0 atom stereocenters. The highest BCUT2D eigenvalue weighted by Crippen LogP contribution is 2.43.